The number of para-hydroxylation sites is 2. The molecule has 0 aliphatic heterocycles. The first-order valence-electron chi connectivity index (χ1n) is 5.87. The molecule has 0 saturated carbocycles. The first-order valence-corrected chi connectivity index (χ1v) is 8.45. The number of carbonyl (C=O) groups is 2. The summed E-state index contributed by atoms with van der Waals surface area (Å²) in [4.78, 5) is 23.2. The average molecular weight is 461 g/mol. The van der Waals surface area contributed by atoms with E-state index in [0.29, 0.717) is 0 Å². The van der Waals surface area contributed by atoms with Gasteiger partial charge >= 0.3 is 12.3 Å². The van der Waals surface area contributed by atoms with Crippen molar-refractivity contribution in [3.8, 4) is 11.5 Å². The van der Waals surface area contributed by atoms with E-state index in [2.05, 4.69) is 9.47 Å². The normalized spacial score (nSPS) is 11.6. The Morgan fingerprint density at radius 2 is 1.12 bits per heavy atom. The summed E-state index contributed by atoms with van der Waals surface area (Å²) in [7, 11) is 0. The zero-order valence-corrected chi connectivity index (χ0v) is 16.0. The van der Waals surface area contributed by atoms with Crippen LogP contribution in [-0.2, 0) is 9.47 Å². The molecule has 134 valence electrons. The predicted molar refractivity (Wildman–Crippen MR) is 91.0 cm³/mol. The second-order valence-corrected chi connectivity index (χ2v) is 7.26. The topological polar surface area (TPSA) is 71.1 Å². The smallest absolute Gasteiger partial charge is 0.396 e. The molecule has 1 aromatic carbocycles. The van der Waals surface area contributed by atoms with E-state index < -0.39 is 33.1 Å². The van der Waals surface area contributed by atoms with E-state index in [1.807, 2.05) is 0 Å². The second-order valence-electron chi connectivity index (χ2n) is 3.90. The fourth-order valence-electron chi connectivity index (χ4n) is 1.14. The van der Waals surface area contributed by atoms with Gasteiger partial charge in [-0.15, -0.1) is 23.2 Å². The lowest BCUT2D eigenvalue weighted by atomic mass is 10.3. The maximum Gasteiger partial charge on any atom is 0.516 e. The van der Waals surface area contributed by atoms with Crippen molar-refractivity contribution in [1.29, 1.82) is 0 Å². The van der Waals surface area contributed by atoms with E-state index in [-0.39, 0.29) is 11.5 Å². The molecule has 0 aliphatic rings. The predicted octanol–water partition coefficient (Wildman–Crippen LogP) is 5.46. The zero-order valence-electron chi connectivity index (χ0n) is 11.4. The standard InChI is InChI=1S/C12H8Cl6O6/c13-5-11(15,16)23-9(19)21-7-3-1-2-4-8(7)22-10(20)24-12(17,18)6-14/h1-4H,5-6H2. The number of ether oxygens (including phenoxy) is 4. The lowest BCUT2D eigenvalue weighted by molar-refractivity contribution is 0.0708. The minimum Gasteiger partial charge on any atom is -0.396 e. The highest BCUT2D eigenvalue weighted by Crippen LogP contribution is 2.31. The van der Waals surface area contributed by atoms with Crippen molar-refractivity contribution in [2.75, 3.05) is 11.8 Å². The second kappa shape index (κ2) is 9.27. The van der Waals surface area contributed by atoms with Gasteiger partial charge in [0.15, 0.2) is 11.5 Å². The molecule has 0 spiro atoms. The van der Waals surface area contributed by atoms with E-state index in [1.165, 1.54) is 24.3 Å². The van der Waals surface area contributed by atoms with Crippen molar-refractivity contribution in [2.24, 2.45) is 0 Å². The third-order valence-corrected chi connectivity index (χ3v) is 4.16. The zero-order chi connectivity index (χ0) is 18.4. The number of halogens is 6. The summed E-state index contributed by atoms with van der Waals surface area (Å²) in [5, 5.41) is 0. The number of alkyl halides is 6. The van der Waals surface area contributed by atoms with Gasteiger partial charge in [0.2, 0.25) is 0 Å². The Morgan fingerprint density at radius 1 is 0.792 bits per heavy atom. The number of hydrogen-bond donors (Lipinski definition) is 0. The van der Waals surface area contributed by atoms with E-state index in [0.717, 1.165) is 0 Å². The van der Waals surface area contributed by atoms with Gasteiger partial charge in [0.25, 0.3) is 9.04 Å². The molecular weight excluding hydrogens is 453 g/mol. The highest BCUT2D eigenvalue weighted by Gasteiger charge is 2.31. The van der Waals surface area contributed by atoms with Crippen LogP contribution in [0, 0.1) is 0 Å². The van der Waals surface area contributed by atoms with Crippen LogP contribution in [0.15, 0.2) is 24.3 Å². The Hall–Kier alpha value is -0.500. The van der Waals surface area contributed by atoms with Gasteiger partial charge in [0, 0.05) is 0 Å². The maximum atomic E-state index is 11.6. The van der Waals surface area contributed by atoms with Gasteiger partial charge in [-0.3, -0.25) is 0 Å². The van der Waals surface area contributed by atoms with E-state index in [1.54, 1.807) is 0 Å². The summed E-state index contributed by atoms with van der Waals surface area (Å²) in [6.07, 6.45) is -2.57. The van der Waals surface area contributed by atoms with Gasteiger partial charge in [-0.2, -0.15) is 0 Å². The van der Waals surface area contributed by atoms with Crippen molar-refractivity contribution in [3.63, 3.8) is 0 Å². The Bertz CT molecular complexity index is 542. The molecule has 0 atom stereocenters. The molecule has 0 aromatic heterocycles. The van der Waals surface area contributed by atoms with Crippen LogP contribution in [0.1, 0.15) is 0 Å². The lowest BCUT2D eigenvalue weighted by Gasteiger charge is -2.18. The number of carbonyl (C=O) groups excluding carboxylic acids is 2. The molecule has 0 heterocycles. The molecule has 0 fully saturated rings. The van der Waals surface area contributed by atoms with Crippen molar-refractivity contribution in [1.82, 2.24) is 0 Å². The molecule has 0 aliphatic carbocycles. The van der Waals surface area contributed by atoms with Gasteiger partial charge in [0.05, 0.1) is 11.8 Å². The summed E-state index contributed by atoms with van der Waals surface area (Å²) in [5.41, 5.74) is 0. The number of rotatable bonds is 6. The van der Waals surface area contributed by atoms with Gasteiger partial charge in [-0.1, -0.05) is 58.5 Å². The average Bonchev–Trinajstić information content (AvgIpc) is 2.48. The summed E-state index contributed by atoms with van der Waals surface area (Å²) >= 11 is 33.0. The van der Waals surface area contributed by atoms with Crippen LogP contribution in [0.4, 0.5) is 9.59 Å². The van der Waals surface area contributed by atoms with Crippen LogP contribution in [0.25, 0.3) is 0 Å². The van der Waals surface area contributed by atoms with Crippen LogP contribution in [-0.4, -0.2) is 33.1 Å². The van der Waals surface area contributed by atoms with E-state index >= 15 is 0 Å². The Labute approximate surface area is 166 Å². The summed E-state index contributed by atoms with van der Waals surface area (Å²) in [6, 6.07) is 5.57. The Kier molecular flexibility index (Phi) is 8.32. The Morgan fingerprint density at radius 3 is 1.42 bits per heavy atom. The monoisotopic (exact) mass is 458 g/mol. The first kappa shape index (κ1) is 21.5. The minimum atomic E-state index is -1.98. The van der Waals surface area contributed by atoms with Gasteiger partial charge < -0.3 is 18.9 Å². The highest BCUT2D eigenvalue weighted by atomic mass is 35.5. The Balaban J connectivity index is 2.78. The largest absolute Gasteiger partial charge is 0.516 e. The third-order valence-electron chi connectivity index (χ3n) is 2.01. The molecule has 0 unspecified atom stereocenters. The van der Waals surface area contributed by atoms with Crippen LogP contribution in [0.2, 0.25) is 0 Å². The van der Waals surface area contributed by atoms with Crippen molar-refractivity contribution in [3.05, 3.63) is 24.3 Å². The molecule has 1 rings (SSSR count). The van der Waals surface area contributed by atoms with Crippen LogP contribution in [0.3, 0.4) is 0 Å². The number of benzene rings is 1. The van der Waals surface area contributed by atoms with E-state index in [4.69, 9.17) is 79.1 Å². The van der Waals surface area contributed by atoms with Crippen LogP contribution < -0.4 is 9.47 Å². The fraction of sp³-hybridized carbons (Fsp3) is 0.333. The van der Waals surface area contributed by atoms with Gasteiger partial charge in [-0.05, 0) is 12.1 Å². The quantitative estimate of drug-likeness (QED) is 0.319. The molecule has 12 heteroatoms. The SMILES string of the molecule is O=C(Oc1ccccc1OC(=O)OC(Cl)(Cl)CCl)OC(Cl)(Cl)CCl. The molecule has 24 heavy (non-hydrogen) atoms. The van der Waals surface area contributed by atoms with Crippen LogP contribution >= 0.6 is 69.6 Å². The van der Waals surface area contributed by atoms with Gasteiger partial charge in [0.1, 0.15) is 0 Å². The van der Waals surface area contributed by atoms with Crippen molar-refractivity contribution < 1.29 is 28.5 Å². The first-order chi connectivity index (χ1) is 11.1. The number of hydrogen-bond acceptors (Lipinski definition) is 6. The highest BCUT2D eigenvalue weighted by molar-refractivity contribution is 6.51. The minimum absolute atomic E-state index is 0.196. The molecule has 0 radical (unpaired) electrons. The lowest BCUT2D eigenvalue weighted by Crippen LogP contribution is -2.27. The summed E-state index contributed by atoms with van der Waals surface area (Å²) in [6.45, 7) is 0. The molecule has 0 N–H and O–H groups in total. The molecule has 1 aromatic rings. The molecule has 6 nitrogen and oxygen atoms in total. The third kappa shape index (κ3) is 7.59. The molecule has 0 amide bonds. The van der Waals surface area contributed by atoms with E-state index in [9.17, 15) is 9.59 Å². The molecule has 0 bridgehead atoms. The summed E-state index contributed by atoms with van der Waals surface area (Å²) in [5.74, 6) is -1.19. The van der Waals surface area contributed by atoms with Crippen molar-refractivity contribution in [2.45, 2.75) is 9.04 Å². The molecular formula is C12H8Cl6O6. The van der Waals surface area contributed by atoms with Crippen LogP contribution in [0.5, 0.6) is 11.5 Å². The summed E-state index contributed by atoms with van der Waals surface area (Å²) < 4.78 is 14.8. The fourth-order valence-corrected chi connectivity index (χ4v) is 1.50. The molecule has 0 saturated heterocycles. The van der Waals surface area contributed by atoms with Gasteiger partial charge in [-0.25, -0.2) is 9.59 Å². The maximum absolute atomic E-state index is 11.6. The van der Waals surface area contributed by atoms with Crippen molar-refractivity contribution >= 4 is 81.9 Å².